The zero-order valence-corrected chi connectivity index (χ0v) is 10.8. The molecule has 0 aliphatic rings. The van der Waals surface area contributed by atoms with E-state index in [0.717, 1.165) is 0 Å². The Bertz CT molecular complexity index is 603. The summed E-state index contributed by atoms with van der Waals surface area (Å²) in [6.07, 6.45) is -5.65. The average Bonchev–Trinajstić information content (AvgIpc) is 2.26. The number of hydrogen-bond acceptors (Lipinski definition) is 3. The van der Waals surface area contributed by atoms with E-state index in [4.69, 9.17) is 5.26 Å². The minimum Gasteiger partial charge on any atom is -0.211 e. The Balaban J connectivity index is 2.84. The maximum Gasteiger partial charge on any atom is 0.390 e. The van der Waals surface area contributed by atoms with Crippen LogP contribution in [0.25, 0.3) is 0 Å². The van der Waals surface area contributed by atoms with Crippen LogP contribution >= 0.6 is 0 Å². The van der Waals surface area contributed by atoms with Gasteiger partial charge in [-0.2, -0.15) is 18.4 Å². The van der Waals surface area contributed by atoms with E-state index in [2.05, 4.69) is 0 Å². The first-order valence-corrected chi connectivity index (χ1v) is 6.71. The lowest BCUT2D eigenvalue weighted by Crippen LogP contribution is -2.28. The summed E-state index contributed by atoms with van der Waals surface area (Å²) in [7, 11) is -3.99. The molecule has 1 N–H and O–H groups in total. The molecule has 0 spiro atoms. The molecule has 0 bridgehead atoms. The smallest absolute Gasteiger partial charge is 0.211 e. The molecule has 104 valence electrons. The van der Waals surface area contributed by atoms with Crippen molar-refractivity contribution in [1.82, 2.24) is 4.72 Å². The van der Waals surface area contributed by atoms with Crippen LogP contribution in [0.5, 0.6) is 0 Å². The molecule has 0 radical (unpaired) electrons. The summed E-state index contributed by atoms with van der Waals surface area (Å²) in [4.78, 5) is -0.161. The number of hydrogen-bond donors (Lipinski definition) is 1. The monoisotopic (exact) mass is 292 g/mol. The van der Waals surface area contributed by atoms with Gasteiger partial charge in [0, 0.05) is 6.54 Å². The van der Waals surface area contributed by atoms with Crippen LogP contribution in [-0.4, -0.2) is 21.1 Å². The van der Waals surface area contributed by atoms with Crippen molar-refractivity contribution in [2.75, 3.05) is 6.54 Å². The van der Waals surface area contributed by atoms with Crippen molar-refractivity contribution in [3.8, 4) is 6.07 Å². The minimum absolute atomic E-state index is 0.161. The molecule has 0 saturated carbocycles. The van der Waals surface area contributed by atoms with Gasteiger partial charge in [-0.3, -0.25) is 0 Å². The van der Waals surface area contributed by atoms with Crippen molar-refractivity contribution in [3.63, 3.8) is 0 Å². The van der Waals surface area contributed by atoms with Crippen LogP contribution in [0.15, 0.2) is 23.1 Å². The molecule has 0 unspecified atom stereocenters. The van der Waals surface area contributed by atoms with Gasteiger partial charge >= 0.3 is 6.18 Å². The second kappa shape index (κ2) is 5.59. The summed E-state index contributed by atoms with van der Waals surface area (Å²) in [6.45, 7) is 0.832. The molecule has 1 rings (SSSR count). The highest BCUT2D eigenvalue weighted by atomic mass is 32.2. The van der Waals surface area contributed by atoms with Crippen LogP contribution in [-0.2, 0) is 10.0 Å². The third kappa shape index (κ3) is 4.54. The largest absolute Gasteiger partial charge is 0.390 e. The van der Waals surface area contributed by atoms with E-state index in [1.54, 1.807) is 6.92 Å². The van der Waals surface area contributed by atoms with Gasteiger partial charge in [-0.25, -0.2) is 13.1 Å². The van der Waals surface area contributed by atoms with Crippen molar-refractivity contribution >= 4 is 10.0 Å². The summed E-state index contributed by atoms with van der Waals surface area (Å²) in [5, 5.41) is 8.70. The van der Waals surface area contributed by atoms with Crippen molar-refractivity contribution in [2.45, 2.75) is 24.4 Å². The number of sulfonamides is 1. The number of nitrogens with zero attached hydrogens (tertiary/aromatic N) is 1. The van der Waals surface area contributed by atoms with Gasteiger partial charge in [0.2, 0.25) is 10.0 Å². The van der Waals surface area contributed by atoms with Crippen LogP contribution in [0.4, 0.5) is 13.2 Å². The average molecular weight is 292 g/mol. The Morgan fingerprint density at radius 1 is 1.37 bits per heavy atom. The zero-order chi connectivity index (χ0) is 14.7. The Labute approximate surface area is 108 Å². The number of aryl methyl sites for hydroxylation is 1. The van der Waals surface area contributed by atoms with Crippen LogP contribution in [0.2, 0.25) is 0 Å². The summed E-state index contributed by atoms with van der Waals surface area (Å²) in [6, 6.07) is 5.61. The highest BCUT2D eigenvalue weighted by Crippen LogP contribution is 2.19. The SMILES string of the molecule is Cc1cc(S(=O)(=O)NCCC(F)(F)F)ccc1C#N. The summed E-state index contributed by atoms with van der Waals surface area (Å²) in [5.74, 6) is 0. The number of halogens is 3. The van der Waals surface area contributed by atoms with Gasteiger partial charge < -0.3 is 0 Å². The first-order valence-electron chi connectivity index (χ1n) is 5.23. The Hall–Kier alpha value is -1.59. The van der Waals surface area contributed by atoms with Gasteiger partial charge in [-0.05, 0) is 30.7 Å². The second-order valence-electron chi connectivity index (χ2n) is 3.85. The van der Waals surface area contributed by atoms with E-state index in [0.29, 0.717) is 11.1 Å². The van der Waals surface area contributed by atoms with Crippen LogP contribution < -0.4 is 4.72 Å². The third-order valence-corrected chi connectivity index (χ3v) is 3.79. The standard InChI is InChI=1S/C11H11F3N2O2S/c1-8-6-10(3-2-9(8)7-15)19(17,18)16-5-4-11(12,13)14/h2-3,6,16H,4-5H2,1H3. The fourth-order valence-electron chi connectivity index (χ4n) is 1.34. The molecule has 0 aliphatic carbocycles. The number of nitrogens with one attached hydrogen (secondary N) is 1. The highest BCUT2D eigenvalue weighted by Gasteiger charge is 2.27. The first-order chi connectivity index (χ1) is 8.65. The normalized spacial score (nSPS) is 12.2. The topological polar surface area (TPSA) is 70.0 Å². The van der Waals surface area contributed by atoms with E-state index in [1.165, 1.54) is 18.2 Å². The van der Waals surface area contributed by atoms with E-state index in [9.17, 15) is 21.6 Å². The van der Waals surface area contributed by atoms with E-state index >= 15 is 0 Å². The van der Waals surface area contributed by atoms with E-state index in [-0.39, 0.29) is 4.90 Å². The maximum atomic E-state index is 11.9. The van der Waals surface area contributed by atoms with Gasteiger partial charge in [-0.1, -0.05) is 0 Å². The molecule has 19 heavy (non-hydrogen) atoms. The Morgan fingerprint density at radius 3 is 2.47 bits per heavy atom. The molecule has 0 aliphatic heterocycles. The molecule has 0 atom stereocenters. The molecule has 0 amide bonds. The predicted octanol–water partition coefficient (Wildman–Crippen LogP) is 2.10. The molecule has 0 aromatic heterocycles. The zero-order valence-electron chi connectivity index (χ0n) is 9.95. The Kier molecular flexibility index (Phi) is 4.55. The van der Waals surface area contributed by atoms with Crippen LogP contribution in [0.1, 0.15) is 17.5 Å². The number of alkyl halides is 3. The van der Waals surface area contributed by atoms with Crippen molar-refractivity contribution in [3.05, 3.63) is 29.3 Å². The lowest BCUT2D eigenvalue weighted by atomic mass is 10.1. The van der Waals surface area contributed by atoms with Crippen molar-refractivity contribution in [2.24, 2.45) is 0 Å². The predicted molar refractivity (Wildman–Crippen MR) is 61.8 cm³/mol. The van der Waals surface area contributed by atoms with Gasteiger partial charge in [0.25, 0.3) is 0 Å². The number of nitriles is 1. The fraction of sp³-hybridized carbons (Fsp3) is 0.364. The molecule has 1 aromatic carbocycles. The quantitative estimate of drug-likeness (QED) is 0.923. The molecule has 0 fully saturated rings. The maximum absolute atomic E-state index is 11.9. The van der Waals surface area contributed by atoms with Gasteiger partial charge in [-0.15, -0.1) is 0 Å². The molecule has 8 heteroatoms. The number of benzene rings is 1. The second-order valence-corrected chi connectivity index (χ2v) is 5.62. The van der Waals surface area contributed by atoms with Crippen molar-refractivity contribution in [1.29, 1.82) is 5.26 Å². The summed E-state index contributed by atoms with van der Waals surface area (Å²) < 4.78 is 61.1. The Morgan fingerprint density at radius 2 is 2.00 bits per heavy atom. The van der Waals surface area contributed by atoms with Gasteiger partial charge in [0.15, 0.2) is 0 Å². The van der Waals surface area contributed by atoms with E-state index in [1.807, 2.05) is 10.8 Å². The third-order valence-electron chi connectivity index (χ3n) is 2.33. The molecular formula is C11H11F3N2O2S. The lowest BCUT2D eigenvalue weighted by molar-refractivity contribution is -0.132. The lowest BCUT2D eigenvalue weighted by Gasteiger charge is -2.09. The molecular weight excluding hydrogens is 281 g/mol. The first kappa shape index (κ1) is 15.5. The van der Waals surface area contributed by atoms with E-state index < -0.39 is 29.2 Å². The highest BCUT2D eigenvalue weighted by molar-refractivity contribution is 7.89. The van der Waals surface area contributed by atoms with Gasteiger partial charge in [0.1, 0.15) is 0 Å². The van der Waals surface area contributed by atoms with Gasteiger partial charge in [0.05, 0.1) is 22.9 Å². The summed E-state index contributed by atoms with van der Waals surface area (Å²) >= 11 is 0. The molecule has 1 aromatic rings. The summed E-state index contributed by atoms with van der Waals surface area (Å²) in [5.41, 5.74) is 0.760. The number of rotatable bonds is 4. The molecule has 0 saturated heterocycles. The molecule has 0 heterocycles. The fourth-order valence-corrected chi connectivity index (χ4v) is 2.46. The van der Waals surface area contributed by atoms with Crippen LogP contribution in [0, 0.1) is 18.3 Å². The van der Waals surface area contributed by atoms with Crippen LogP contribution in [0.3, 0.4) is 0 Å². The minimum atomic E-state index is -4.41. The van der Waals surface area contributed by atoms with Crippen molar-refractivity contribution < 1.29 is 21.6 Å². The molecule has 4 nitrogen and oxygen atoms in total.